The lowest BCUT2D eigenvalue weighted by Crippen LogP contribution is -2.43. The molecule has 1 amide bonds. The molecule has 0 unspecified atom stereocenters. The lowest BCUT2D eigenvalue weighted by molar-refractivity contribution is 0.0945. The van der Waals surface area contributed by atoms with Crippen LogP contribution in [-0.4, -0.2) is 44.3 Å². The number of nitrogens with zero attached hydrogens (tertiary/aromatic N) is 4. The van der Waals surface area contributed by atoms with E-state index in [1.54, 1.807) is 10.9 Å². The first-order valence-electron chi connectivity index (χ1n) is 9.07. The highest BCUT2D eigenvalue weighted by Gasteiger charge is 2.27. The molecule has 2 aromatic heterocycles. The minimum Gasteiger partial charge on any atom is -0.351 e. The lowest BCUT2D eigenvalue weighted by Gasteiger charge is -2.30. The highest BCUT2D eigenvalue weighted by Crippen LogP contribution is 2.26. The van der Waals surface area contributed by atoms with Crippen molar-refractivity contribution in [2.75, 3.05) is 17.2 Å². The summed E-state index contributed by atoms with van der Waals surface area (Å²) < 4.78 is 1.69. The van der Waals surface area contributed by atoms with Crippen LogP contribution in [0.5, 0.6) is 0 Å². The van der Waals surface area contributed by atoms with Crippen LogP contribution in [0.15, 0.2) is 12.4 Å². The summed E-state index contributed by atoms with van der Waals surface area (Å²) in [6, 6.07) is 0.256. The van der Waals surface area contributed by atoms with Crippen LogP contribution in [0.2, 0.25) is 0 Å². The number of carbonyl (C=O) groups excluding carboxylic acids is 1. The molecule has 1 aliphatic heterocycles. The number of anilines is 3. The summed E-state index contributed by atoms with van der Waals surface area (Å²) >= 11 is 0. The van der Waals surface area contributed by atoms with Crippen molar-refractivity contribution in [2.24, 2.45) is 12.8 Å². The molecule has 0 saturated heterocycles. The number of nitrogens with two attached hydrogens (primary N) is 1. The molecule has 9 heteroatoms. The first-order valence-corrected chi connectivity index (χ1v) is 9.07. The molecule has 9 nitrogen and oxygen atoms in total. The summed E-state index contributed by atoms with van der Waals surface area (Å²) in [6.45, 7) is 0.581. The molecule has 3 heterocycles. The number of nitrogens with one attached hydrogen (secondary N) is 3. The fourth-order valence-corrected chi connectivity index (χ4v) is 3.59. The van der Waals surface area contributed by atoms with Crippen LogP contribution in [0.4, 0.5) is 17.5 Å². The number of fused-ring (bicyclic) bond motifs is 1. The maximum absolute atomic E-state index is 12.4. The van der Waals surface area contributed by atoms with Gasteiger partial charge in [0.1, 0.15) is 11.4 Å². The number of aromatic nitrogens is 4. The van der Waals surface area contributed by atoms with Crippen LogP contribution in [0, 0.1) is 0 Å². The molecule has 1 aliphatic carbocycles. The fourth-order valence-electron chi connectivity index (χ4n) is 3.59. The topological polar surface area (TPSA) is 123 Å². The summed E-state index contributed by atoms with van der Waals surface area (Å²) in [7, 11) is 1.84. The number of amides is 1. The zero-order valence-electron chi connectivity index (χ0n) is 14.8. The second-order valence-electron chi connectivity index (χ2n) is 6.95. The minimum absolute atomic E-state index is 0.0985. The van der Waals surface area contributed by atoms with Gasteiger partial charge in [-0.1, -0.05) is 12.8 Å². The van der Waals surface area contributed by atoms with Gasteiger partial charge in [-0.2, -0.15) is 10.1 Å². The van der Waals surface area contributed by atoms with Gasteiger partial charge in [-0.15, -0.1) is 0 Å². The smallest absolute Gasteiger partial charge is 0.256 e. The van der Waals surface area contributed by atoms with E-state index in [-0.39, 0.29) is 18.0 Å². The molecule has 0 radical (unpaired) electrons. The third kappa shape index (κ3) is 3.34. The lowest BCUT2D eigenvalue weighted by atomic mass is 9.91. The number of hydrogen-bond acceptors (Lipinski definition) is 7. The van der Waals surface area contributed by atoms with Crippen LogP contribution in [0.1, 0.15) is 41.7 Å². The normalized spacial score (nSPS) is 22.5. The zero-order valence-corrected chi connectivity index (χ0v) is 14.8. The molecule has 1 fully saturated rings. The van der Waals surface area contributed by atoms with Crippen molar-refractivity contribution in [3.8, 4) is 0 Å². The Kier molecular flexibility index (Phi) is 4.46. The van der Waals surface area contributed by atoms with Crippen LogP contribution >= 0.6 is 0 Å². The van der Waals surface area contributed by atoms with E-state index >= 15 is 0 Å². The first kappa shape index (κ1) is 16.8. The molecule has 4 rings (SSSR count). The van der Waals surface area contributed by atoms with Crippen LogP contribution in [-0.2, 0) is 13.5 Å². The average Bonchev–Trinajstić information content (AvgIpc) is 3.02. The standard InChI is InChI=1S/C17H24N8O/c1-25-9-10(8-20-25)21-15-14-13(6-7-19-16(14)26)23-17(24-15)22-12-5-3-2-4-11(12)18/h8-9,11-12H,2-7,18H2,1H3,(H,19,26)(H2,21,22,23,24)/t11-,12+/m0/s1. The Morgan fingerprint density at radius 3 is 2.92 bits per heavy atom. The Morgan fingerprint density at radius 2 is 2.15 bits per heavy atom. The summed E-state index contributed by atoms with van der Waals surface area (Å²) in [5.41, 5.74) is 8.26. The van der Waals surface area contributed by atoms with Gasteiger partial charge in [0, 0.05) is 38.3 Å². The van der Waals surface area contributed by atoms with E-state index in [2.05, 4.69) is 31.0 Å². The van der Waals surface area contributed by atoms with Crippen LogP contribution < -0.4 is 21.7 Å². The summed E-state index contributed by atoms with van der Waals surface area (Å²) in [4.78, 5) is 21.5. The molecular weight excluding hydrogens is 332 g/mol. The third-order valence-corrected chi connectivity index (χ3v) is 4.96. The van der Waals surface area contributed by atoms with Crippen LogP contribution in [0.25, 0.3) is 0 Å². The monoisotopic (exact) mass is 356 g/mol. The molecule has 5 N–H and O–H groups in total. The third-order valence-electron chi connectivity index (χ3n) is 4.96. The Bertz CT molecular complexity index is 817. The molecule has 138 valence electrons. The molecule has 2 atom stereocenters. The summed E-state index contributed by atoms with van der Waals surface area (Å²) in [5.74, 6) is 0.859. The van der Waals surface area contributed by atoms with E-state index in [0.29, 0.717) is 30.3 Å². The van der Waals surface area contributed by atoms with Gasteiger partial charge < -0.3 is 21.7 Å². The molecule has 0 bridgehead atoms. The number of carbonyl (C=O) groups is 1. The van der Waals surface area contributed by atoms with Gasteiger partial charge in [0.15, 0.2) is 0 Å². The molecule has 0 spiro atoms. The zero-order chi connectivity index (χ0) is 18.1. The molecular formula is C17H24N8O. The second kappa shape index (κ2) is 6.91. The molecule has 26 heavy (non-hydrogen) atoms. The minimum atomic E-state index is -0.154. The Hall–Kier alpha value is -2.68. The van der Waals surface area contributed by atoms with Gasteiger partial charge in [-0.05, 0) is 12.8 Å². The average molecular weight is 356 g/mol. The fraction of sp³-hybridized carbons (Fsp3) is 0.529. The maximum Gasteiger partial charge on any atom is 0.256 e. The van der Waals surface area contributed by atoms with Gasteiger partial charge >= 0.3 is 0 Å². The van der Waals surface area contributed by atoms with Gasteiger partial charge in [-0.25, -0.2) is 4.98 Å². The van der Waals surface area contributed by atoms with Gasteiger partial charge in [0.05, 0.1) is 17.6 Å². The Balaban J connectivity index is 1.67. The van der Waals surface area contributed by atoms with Crippen molar-refractivity contribution in [3.05, 3.63) is 23.7 Å². The maximum atomic E-state index is 12.4. The van der Waals surface area contributed by atoms with Crippen molar-refractivity contribution < 1.29 is 4.79 Å². The van der Waals surface area contributed by atoms with Gasteiger partial charge in [-0.3, -0.25) is 9.48 Å². The van der Waals surface area contributed by atoms with Gasteiger partial charge in [0.2, 0.25) is 5.95 Å². The van der Waals surface area contributed by atoms with E-state index in [9.17, 15) is 4.79 Å². The van der Waals surface area contributed by atoms with Crippen molar-refractivity contribution in [1.29, 1.82) is 0 Å². The van der Waals surface area contributed by atoms with Crippen molar-refractivity contribution in [3.63, 3.8) is 0 Å². The molecule has 2 aromatic rings. The first-order chi connectivity index (χ1) is 12.6. The Morgan fingerprint density at radius 1 is 1.31 bits per heavy atom. The second-order valence-corrected chi connectivity index (χ2v) is 6.95. The van der Waals surface area contributed by atoms with Crippen LogP contribution in [0.3, 0.4) is 0 Å². The molecule has 0 aromatic carbocycles. The highest BCUT2D eigenvalue weighted by atomic mass is 16.1. The van der Waals surface area contributed by atoms with Crippen molar-refractivity contribution >= 4 is 23.4 Å². The van der Waals surface area contributed by atoms with E-state index in [1.165, 1.54) is 6.42 Å². The number of hydrogen-bond donors (Lipinski definition) is 4. The van der Waals surface area contributed by atoms with Crippen molar-refractivity contribution in [2.45, 2.75) is 44.2 Å². The van der Waals surface area contributed by atoms with E-state index < -0.39 is 0 Å². The number of rotatable bonds is 4. The summed E-state index contributed by atoms with van der Waals surface area (Å²) in [5, 5.41) is 13.6. The number of aryl methyl sites for hydroxylation is 1. The van der Waals surface area contributed by atoms with Gasteiger partial charge in [0.25, 0.3) is 5.91 Å². The van der Waals surface area contributed by atoms with E-state index in [1.807, 2.05) is 13.2 Å². The SMILES string of the molecule is Cn1cc(Nc2nc(N[C@@H]3CCCC[C@@H]3N)nc3c2C(=O)NCC3)cn1. The Labute approximate surface area is 151 Å². The predicted octanol–water partition coefficient (Wildman–Crippen LogP) is 0.921. The largest absolute Gasteiger partial charge is 0.351 e. The van der Waals surface area contributed by atoms with E-state index in [0.717, 1.165) is 30.6 Å². The predicted molar refractivity (Wildman–Crippen MR) is 98.4 cm³/mol. The highest BCUT2D eigenvalue weighted by molar-refractivity contribution is 6.01. The summed E-state index contributed by atoms with van der Waals surface area (Å²) in [6.07, 6.45) is 8.53. The van der Waals surface area contributed by atoms with Crippen molar-refractivity contribution in [1.82, 2.24) is 25.1 Å². The quantitative estimate of drug-likeness (QED) is 0.642. The molecule has 1 saturated carbocycles. The molecule has 2 aliphatic rings. The van der Waals surface area contributed by atoms with E-state index in [4.69, 9.17) is 5.73 Å².